The molecule has 0 fully saturated rings. The molecule has 0 radical (unpaired) electrons. The summed E-state index contributed by atoms with van der Waals surface area (Å²) in [6, 6.07) is 5.90. The molecule has 98 valence electrons. The zero-order valence-electron chi connectivity index (χ0n) is 11.2. The largest absolute Gasteiger partial charge is 0.348 e. The molecule has 0 aromatic heterocycles. The molecule has 1 rings (SSSR count). The van der Waals surface area contributed by atoms with E-state index < -0.39 is 11.8 Å². The molecule has 0 aliphatic rings. The fraction of sp³-hybridized carbons (Fsp3) is 0.429. The van der Waals surface area contributed by atoms with E-state index in [9.17, 15) is 9.59 Å². The number of nitrogens with one attached hydrogen (secondary N) is 2. The zero-order valence-corrected chi connectivity index (χ0v) is 11.2. The van der Waals surface area contributed by atoms with Gasteiger partial charge in [0.25, 0.3) is 0 Å². The van der Waals surface area contributed by atoms with Crippen LogP contribution in [-0.4, -0.2) is 18.4 Å². The summed E-state index contributed by atoms with van der Waals surface area (Å²) in [7, 11) is 0. The quantitative estimate of drug-likeness (QED) is 0.799. The topological polar surface area (TPSA) is 58.2 Å². The van der Waals surface area contributed by atoms with Gasteiger partial charge in [-0.2, -0.15) is 0 Å². The highest BCUT2D eigenvalue weighted by atomic mass is 16.2. The van der Waals surface area contributed by atoms with Crippen LogP contribution < -0.4 is 10.6 Å². The van der Waals surface area contributed by atoms with Crippen LogP contribution in [0.2, 0.25) is 0 Å². The number of anilines is 1. The molecule has 4 nitrogen and oxygen atoms in total. The SMILES string of the molecule is CCNC(=O)C(=O)Nc1c(CC)cccc1CC. The van der Waals surface area contributed by atoms with E-state index in [1.54, 1.807) is 6.92 Å². The van der Waals surface area contributed by atoms with E-state index in [0.29, 0.717) is 6.54 Å². The van der Waals surface area contributed by atoms with Crippen LogP contribution in [0.1, 0.15) is 31.9 Å². The predicted octanol–water partition coefficient (Wildman–Crippen LogP) is 1.89. The van der Waals surface area contributed by atoms with Crippen LogP contribution in [0.5, 0.6) is 0 Å². The summed E-state index contributed by atoms with van der Waals surface area (Å²) in [6.07, 6.45) is 1.64. The Morgan fingerprint density at radius 3 is 2.00 bits per heavy atom. The van der Waals surface area contributed by atoms with Crippen molar-refractivity contribution in [3.05, 3.63) is 29.3 Å². The van der Waals surface area contributed by atoms with Crippen LogP contribution in [0.15, 0.2) is 18.2 Å². The maximum Gasteiger partial charge on any atom is 0.313 e. The molecule has 0 bridgehead atoms. The lowest BCUT2D eigenvalue weighted by atomic mass is 10.0. The second-order valence-electron chi connectivity index (χ2n) is 3.97. The molecule has 1 aromatic rings. The zero-order chi connectivity index (χ0) is 13.5. The third-order valence-electron chi connectivity index (χ3n) is 2.78. The summed E-state index contributed by atoms with van der Waals surface area (Å²) < 4.78 is 0. The molecule has 0 spiro atoms. The van der Waals surface area contributed by atoms with Gasteiger partial charge in [-0.3, -0.25) is 9.59 Å². The monoisotopic (exact) mass is 248 g/mol. The van der Waals surface area contributed by atoms with Gasteiger partial charge < -0.3 is 10.6 Å². The molecule has 0 heterocycles. The smallest absolute Gasteiger partial charge is 0.313 e. The number of hydrogen-bond acceptors (Lipinski definition) is 2. The molecule has 2 N–H and O–H groups in total. The van der Waals surface area contributed by atoms with Crippen molar-refractivity contribution in [2.75, 3.05) is 11.9 Å². The van der Waals surface area contributed by atoms with Crippen LogP contribution in [0.3, 0.4) is 0 Å². The number of para-hydroxylation sites is 1. The van der Waals surface area contributed by atoms with Gasteiger partial charge in [0.1, 0.15) is 0 Å². The van der Waals surface area contributed by atoms with Crippen molar-refractivity contribution < 1.29 is 9.59 Å². The lowest BCUT2D eigenvalue weighted by molar-refractivity contribution is -0.136. The lowest BCUT2D eigenvalue weighted by Gasteiger charge is -2.13. The molecule has 0 unspecified atom stereocenters. The number of hydrogen-bond donors (Lipinski definition) is 2. The standard InChI is InChI=1S/C14H20N2O2/c1-4-10-8-7-9-11(5-2)12(10)16-14(18)13(17)15-6-3/h7-9H,4-6H2,1-3H3,(H,15,17)(H,16,18). The van der Waals surface area contributed by atoms with E-state index in [-0.39, 0.29) is 0 Å². The number of aryl methyl sites for hydroxylation is 2. The Labute approximate surface area is 108 Å². The van der Waals surface area contributed by atoms with Gasteiger partial charge in [-0.15, -0.1) is 0 Å². The molecular formula is C14H20N2O2. The molecule has 4 heteroatoms. The van der Waals surface area contributed by atoms with Gasteiger partial charge in [-0.25, -0.2) is 0 Å². The van der Waals surface area contributed by atoms with Crippen molar-refractivity contribution >= 4 is 17.5 Å². The van der Waals surface area contributed by atoms with Crippen LogP contribution in [0.25, 0.3) is 0 Å². The van der Waals surface area contributed by atoms with Crippen molar-refractivity contribution in [3.63, 3.8) is 0 Å². The molecular weight excluding hydrogens is 228 g/mol. The Morgan fingerprint density at radius 1 is 1.00 bits per heavy atom. The minimum atomic E-state index is -0.604. The van der Waals surface area contributed by atoms with Gasteiger partial charge in [0.2, 0.25) is 0 Å². The molecule has 0 saturated heterocycles. The molecule has 0 aliphatic heterocycles. The van der Waals surface area contributed by atoms with Crippen LogP contribution in [0, 0.1) is 0 Å². The number of benzene rings is 1. The van der Waals surface area contributed by atoms with Gasteiger partial charge in [0.05, 0.1) is 0 Å². The number of rotatable bonds is 4. The molecule has 0 aliphatic carbocycles. The number of amides is 2. The van der Waals surface area contributed by atoms with Gasteiger partial charge in [-0.1, -0.05) is 32.0 Å². The molecule has 0 atom stereocenters. The highest BCUT2D eigenvalue weighted by Gasteiger charge is 2.15. The predicted molar refractivity (Wildman–Crippen MR) is 72.5 cm³/mol. The summed E-state index contributed by atoms with van der Waals surface area (Å²) in [5.41, 5.74) is 2.87. The van der Waals surface area contributed by atoms with Gasteiger partial charge in [-0.05, 0) is 30.9 Å². The fourth-order valence-corrected chi connectivity index (χ4v) is 1.81. The highest BCUT2D eigenvalue weighted by Crippen LogP contribution is 2.22. The second kappa shape index (κ2) is 6.79. The molecule has 18 heavy (non-hydrogen) atoms. The maximum atomic E-state index is 11.7. The van der Waals surface area contributed by atoms with Crippen molar-refractivity contribution in [2.24, 2.45) is 0 Å². The first kappa shape index (κ1) is 14.2. The minimum Gasteiger partial charge on any atom is -0.348 e. The Morgan fingerprint density at radius 2 is 1.56 bits per heavy atom. The third kappa shape index (κ3) is 3.32. The van der Waals surface area contributed by atoms with Gasteiger partial charge in [0.15, 0.2) is 0 Å². The van der Waals surface area contributed by atoms with E-state index in [4.69, 9.17) is 0 Å². The first-order chi connectivity index (χ1) is 8.63. The highest BCUT2D eigenvalue weighted by molar-refractivity contribution is 6.39. The van der Waals surface area contributed by atoms with Crippen molar-refractivity contribution in [1.82, 2.24) is 5.32 Å². The van der Waals surface area contributed by atoms with Crippen molar-refractivity contribution in [1.29, 1.82) is 0 Å². The number of likely N-dealkylation sites (N-methyl/N-ethyl adjacent to an activating group) is 1. The van der Waals surface area contributed by atoms with E-state index in [1.807, 2.05) is 32.0 Å². The lowest BCUT2D eigenvalue weighted by Crippen LogP contribution is -2.35. The van der Waals surface area contributed by atoms with Crippen LogP contribution in [0.4, 0.5) is 5.69 Å². The van der Waals surface area contributed by atoms with Gasteiger partial charge in [0, 0.05) is 12.2 Å². The molecule has 1 aromatic carbocycles. The van der Waals surface area contributed by atoms with Crippen molar-refractivity contribution in [3.8, 4) is 0 Å². The number of carbonyl (C=O) groups excluding carboxylic acids is 2. The Hall–Kier alpha value is -1.84. The van der Waals surface area contributed by atoms with E-state index in [0.717, 1.165) is 29.7 Å². The van der Waals surface area contributed by atoms with Crippen molar-refractivity contribution in [2.45, 2.75) is 33.6 Å². The first-order valence-electron chi connectivity index (χ1n) is 6.33. The molecule has 2 amide bonds. The van der Waals surface area contributed by atoms with E-state index in [1.165, 1.54) is 0 Å². The Bertz CT molecular complexity index is 419. The van der Waals surface area contributed by atoms with E-state index in [2.05, 4.69) is 10.6 Å². The Balaban J connectivity index is 2.95. The van der Waals surface area contributed by atoms with Crippen LogP contribution >= 0.6 is 0 Å². The fourth-order valence-electron chi connectivity index (χ4n) is 1.81. The van der Waals surface area contributed by atoms with Gasteiger partial charge >= 0.3 is 11.8 Å². The maximum absolute atomic E-state index is 11.7. The average Bonchev–Trinajstić information content (AvgIpc) is 2.39. The minimum absolute atomic E-state index is 0.447. The summed E-state index contributed by atoms with van der Waals surface area (Å²) in [5, 5.41) is 5.20. The summed E-state index contributed by atoms with van der Waals surface area (Å²) in [5.74, 6) is -1.20. The number of carbonyl (C=O) groups is 2. The normalized spacial score (nSPS) is 9.94. The first-order valence-corrected chi connectivity index (χ1v) is 6.33. The van der Waals surface area contributed by atoms with Crippen LogP contribution in [-0.2, 0) is 22.4 Å². The third-order valence-corrected chi connectivity index (χ3v) is 2.78. The summed E-state index contributed by atoms with van der Waals surface area (Å²) >= 11 is 0. The summed E-state index contributed by atoms with van der Waals surface area (Å²) in [6.45, 7) is 6.28. The van der Waals surface area contributed by atoms with E-state index >= 15 is 0 Å². The molecule has 0 saturated carbocycles. The summed E-state index contributed by atoms with van der Waals surface area (Å²) in [4.78, 5) is 23.1. The Kier molecular flexibility index (Phi) is 5.36. The second-order valence-corrected chi connectivity index (χ2v) is 3.97. The average molecular weight is 248 g/mol.